The zero-order valence-corrected chi connectivity index (χ0v) is 15.6. The van der Waals surface area contributed by atoms with Crippen molar-refractivity contribution in [2.24, 2.45) is 11.8 Å². The van der Waals surface area contributed by atoms with Crippen LogP contribution in [0.3, 0.4) is 0 Å². The van der Waals surface area contributed by atoms with Crippen molar-refractivity contribution in [1.82, 2.24) is 0 Å². The summed E-state index contributed by atoms with van der Waals surface area (Å²) >= 11 is 0. The van der Waals surface area contributed by atoms with E-state index in [-0.39, 0.29) is 24.3 Å². The first-order valence-corrected chi connectivity index (χ1v) is 8.98. The largest absolute Gasteiger partial charge is 0.423 e. The molecule has 0 radical (unpaired) electrons. The Morgan fingerprint density at radius 1 is 0.880 bits per heavy atom. The van der Waals surface area contributed by atoms with Gasteiger partial charge in [-0.1, -0.05) is 40.5 Å². The van der Waals surface area contributed by atoms with Gasteiger partial charge in [0.1, 0.15) is 5.82 Å². The minimum Gasteiger partial charge on any atom is -0.423 e. The molecule has 0 aliphatic rings. The van der Waals surface area contributed by atoms with Crippen molar-refractivity contribution in [1.29, 1.82) is 0 Å². The van der Waals surface area contributed by atoms with Crippen molar-refractivity contribution in [3.63, 3.8) is 0 Å². The first-order chi connectivity index (χ1) is 11.8. The monoisotopic (exact) mass is 352 g/mol. The Balaban J connectivity index is 2.62. The summed E-state index contributed by atoms with van der Waals surface area (Å²) in [5.41, 5.74) is 0. The van der Waals surface area contributed by atoms with Crippen LogP contribution in [0.4, 0.5) is 4.39 Å². The Kier molecular flexibility index (Phi) is 9.17. The minimum absolute atomic E-state index is 0.0493. The fourth-order valence-corrected chi connectivity index (χ4v) is 2.30. The van der Waals surface area contributed by atoms with E-state index in [2.05, 4.69) is 27.7 Å². The molecule has 0 saturated carbocycles. The van der Waals surface area contributed by atoms with Crippen molar-refractivity contribution in [3.05, 3.63) is 24.0 Å². The van der Waals surface area contributed by atoms with Crippen molar-refractivity contribution >= 4 is 11.9 Å². The molecule has 0 saturated heterocycles. The molecule has 0 aliphatic carbocycles. The highest BCUT2D eigenvalue weighted by molar-refractivity contribution is 5.76. The summed E-state index contributed by atoms with van der Waals surface area (Å²) < 4.78 is 23.9. The van der Waals surface area contributed by atoms with E-state index in [0.29, 0.717) is 18.3 Å². The summed E-state index contributed by atoms with van der Waals surface area (Å²) in [6.45, 7) is 8.33. The highest BCUT2D eigenvalue weighted by Gasteiger charge is 2.15. The van der Waals surface area contributed by atoms with Gasteiger partial charge in [-0.25, -0.2) is 4.39 Å². The molecule has 0 spiro atoms. The van der Waals surface area contributed by atoms with Gasteiger partial charge in [0.25, 0.3) is 0 Å². The fourth-order valence-electron chi connectivity index (χ4n) is 2.30. The summed E-state index contributed by atoms with van der Waals surface area (Å²) in [7, 11) is 0. The quantitative estimate of drug-likeness (QED) is 0.424. The van der Waals surface area contributed by atoms with E-state index in [9.17, 15) is 14.0 Å². The summed E-state index contributed by atoms with van der Waals surface area (Å²) in [5, 5.41) is 0. The smallest absolute Gasteiger partial charge is 0.311 e. The normalized spacial score (nSPS) is 11.0. The molecule has 0 amide bonds. The summed E-state index contributed by atoms with van der Waals surface area (Å²) in [4.78, 5) is 23.8. The molecule has 0 aromatic heterocycles. The average Bonchev–Trinajstić information content (AvgIpc) is 2.49. The zero-order chi connectivity index (χ0) is 18.8. The molecule has 0 aliphatic heterocycles. The SMILES string of the molecule is CC(C)CCCC(=O)Oc1ccc(F)cc1OC(=O)CCCC(C)C. The third kappa shape index (κ3) is 9.22. The van der Waals surface area contributed by atoms with Crippen LogP contribution >= 0.6 is 0 Å². The van der Waals surface area contributed by atoms with Crippen LogP contribution in [0.15, 0.2) is 18.2 Å². The molecule has 1 rings (SSSR count). The minimum atomic E-state index is -0.551. The van der Waals surface area contributed by atoms with E-state index >= 15 is 0 Å². The summed E-state index contributed by atoms with van der Waals surface area (Å²) in [6.07, 6.45) is 3.79. The van der Waals surface area contributed by atoms with Crippen LogP contribution in [0.2, 0.25) is 0 Å². The van der Waals surface area contributed by atoms with Gasteiger partial charge >= 0.3 is 11.9 Å². The van der Waals surface area contributed by atoms with E-state index in [1.807, 2.05) is 0 Å². The molecule has 0 fully saturated rings. The van der Waals surface area contributed by atoms with Crippen LogP contribution in [0.5, 0.6) is 11.5 Å². The Bertz CT molecular complexity index is 567. The van der Waals surface area contributed by atoms with Gasteiger partial charge < -0.3 is 9.47 Å². The van der Waals surface area contributed by atoms with Crippen LogP contribution in [0, 0.1) is 17.7 Å². The van der Waals surface area contributed by atoms with Gasteiger partial charge in [0.15, 0.2) is 11.5 Å². The second-order valence-corrected chi connectivity index (χ2v) is 7.11. The lowest BCUT2D eigenvalue weighted by molar-refractivity contribution is -0.137. The van der Waals surface area contributed by atoms with E-state index in [0.717, 1.165) is 25.3 Å². The maximum absolute atomic E-state index is 13.5. The van der Waals surface area contributed by atoms with Gasteiger partial charge in [-0.3, -0.25) is 9.59 Å². The van der Waals surface area contributed by atoms with E-state index in [1.165, 1.54) is 12.1 Å². The Morgan fingerprint density at radius 3 is 1.84 bits per heavy atom. The highest BCUT2D eigenvalue weighted by Crippen LogP contribution is 2.29. The molecule has 0 heterocycles. The van der Waals surface area contributed by atoms with Gasteiger partial charge in [0.05, 0.1) is 0 Å². The molecule has 0 unspecified atom stereocenters. The van der Waals surface area contributed by atoms with Gasteiger partial charge in [0.2, 0.25) is 0 Å². The number of halogens is 1. The summed E-state index contributed by atoms with van der Waals surface area (Å²) in [5.74, 6) is -0.373. The van der Waals surface area contributed by atoms with Crippen LogP contribution < -0.4 is 9.47 Å². The Morgan fingerprint density at radius 2 is 1.36 bits per heavy atom. The number of hydrogen-bond donors (Lipinski definition) is 0. The Hall–Kier alpha value is -1.91. The number of ether oxygens (including phenoxy) is 2. The number of carbonyl (C=O) groups is 2. The van der Waals surface area contributed by atoms with Crippen LogP contribution in [0.25, 0.3) is 0 Å². The first kappa shape index (κ1) is 21.1. The van der Waals surface area contributed by atoms with E-state index < -0.39 is 17.8 Å². The van der Waals surface area contributed by atoms with Crippen molar-refractivity contribution in [3.8, 4) is 11.5 Å². The predicted octanol–water partition coefficient (Wildman–Crippen LogP) is 5.29. The average molecular weight is 352 g/mol. The van der Waals surface area contributed by atoms with E-state index in [4.69, 9.17) is 9.47 Å². The predicted molar refractivity (Wildman–Crippen MR) is 95.0 cm³/mol. The third-order valence-electron chi connectivity index (χ3n) is 3.68. The molecular weight excluding hydrogens is 323 g/mol. The number of hydrogen-bond acceptors (Lipinski definition) is 4. The maximum atomic E-state index is 13.5. The first-order valence-electron chi connectivity index (χ1n) is 8.98. The molecule has 0 N–H and O–H groups in total. The van der Waals surface area contributed by atoms with Gasteiger partial charge in [-0.05, 0) is 36.8 Å². The highest BCUT2D eigenvalue weighted by atomic mass is 19.1. The van der Waals surface area contributed by atoms with Crippen LogP contribution in [-0.4, -0.2) is 11.9 Å². The van der Waals surface area contributed by atoms with Gasteiger partial charge in [-0.15, -0.1) is 0 Å². The van der Waals surface area contributed by atoms with Crippen molar-refractivity contribution in [2.45, 2.75) is 66.2 Å². The molecular formula is C20H29FO4. The van der Waals surface area contributed by atoms with Gasteiger partial charge in [-0.2, -0.15) is 0 Å². The zero-order valence-electron chi connectivity index (χ0n) is 15.6. The standard InChI is InChI=1S/C20H29FO4/c1-14(2)7-5-9-19(22)24-17-12-11-16(21)13-18(17)25-20(23)10-6-8-15(3)4/h11-15H,5-10H2,1-4H3. The number of esters is 2. The third-order valence-corrected chi connectivity index (χ3v) is 3.68. The lowest BCUT2D eigenvalue weighted by Gasteiger charge is -2.11. The fraction of sp³-hybridized carbons (Fsp3) is 0.600. The second kappa shape index (κ2) is 10.9. The molecule has 4 nitrogen and oxygen atoms in total. The molecule has 1 aromatic rings. The van der Waals surface area contributed by atoms with Crippen molar-refractivity contribution < 1.29 is 23.5 Å². The number of rotatable bonds is 10. The topological polar surface area (TPSA) is 52.6 Å². The van der Waals surface area contributed by atoms with Crippen LogP contribution in [0.1, 0.15) is 66.2 Å². The second-order valence-electron chi connectivity index (χ2n) is 7.11. The summed E-state index contributed by atoms with van der Waals surface area (Å²) in [6, 6.07) is 3.55. The number of carbonyl (C=O) groups excluding carboxylic acids is 2. The number of benzene rings is 1. The Labute approximate surface area is 149 Å². The molecule has 0 bridgehead atoms. The maximum Gasteiger partial charge on any atom is 0.311 e. The van der Waals surface area contributed by atoms with E-state index in [1.54, 1.807) is 0 Å². The molecule has 140 valence electrons. The lowest BCUT2D eigenvalue weighted by Crippen LogP contribution is -2.12. The van der Waals surface area contributed by atoms with Crippen LogP contribution in [-0.2, 0) is 9.59 Å². The van der Waals surface area contributed by atoms with Crippen molar-refractivity contribution in [2.75, 3.05) is 0 Å². The van der Waals surface area contributed by atoms with Gasteiger partial charge in [0, 0.05) is 18.9 Å². The molecule has 5 heteroatoms. The molecule has 1 aromatic carbocycles. The molecule has 25 heavy (non-hydrogen) atoms. The molecule has 0 atom stereocenters. The lowest BCUT2D eigenvalue weighted by atomic mass is 10.1.